The van der Waals surface area contributed by atoms with Gasteiger partial charge in [0.25, 0.3) is 0 Å². The van der Waals surface area contributed by atoms with Crippen LogP contribution in [0.2, 0.25) is 0 Å². The standard InChI is InChI=1S/C13H24N4/c1-10(2)13-12(9-17(4)15-13)14-11-5-7-16(3)8-6-11/h9-11,14H,5-8H2,1-4H3. The monoisotopic (exact) mass is 236 g/mol. The molecule has 1 aromatic rings. The third-order valence-corrected chi connectivity index (χ3v) is 3.48. The highest BCUT2D eigenvalue weighted by Crippen LogP contribution is 2.24. The van der Waals surface area contributed by atoms with Gasteiger partial charge in [0.05, 0.1) is 11.4 Å². The summed E-state index contributed by atoms with van der Waals surface area (Å²) in [5.41, 5.74) is 2.41. The molecule has 2 rings (SSSR count). The minimum absolute atomic E-state index is 0.477. The minimum atomic E-state index is 0.477. The van der Waals surface area contributed by atoms with E-state index in [2.05, 4.69) is 42.4 Å². The Labute approximate surface area is 104 Å². The summed E-state index contributed by atoms with van der Waals surface area (Å²) >= 11 is 0. The molecule has 1 saturated heterocycles. The van der Waals surface area contributed by atoms with Crippen LogP contribution in [0.25, 0.3) is 0 Å². The molecule has 0 saturated carbocycles. The Bertz CT molecular complexity index is 361. The van der Waals surface area contributed by atoms with Gasteiger partial charge < -0.3 is 10.2 Å². The first-order chi connectivity index (χ1) is 8.06. The summed E-state index contributed by atoms with van der Waals surface area (Å²) in [6, 6.07) is 0.605. The van der Waals surface area contributed by atoms with Gasteiger partial charge in [-0.1, -0.05) is 13.8 Å². The van der Waals surface area contributed by atoms with Crippen molar-refractivity contribution in [2.75, 3.05) is 25.5 Å². The molecule has 0 aliphatic carbocycles. The van der Waals surface area contributed by atoms with E-state index in [1.54, 1.807) is 0 Å². The predicted molar refractivity (Wildman–Crippen MR) is 71.4 cm³/mol. The van der Waals surface area contributed by atoms with Crippen LogP contribution in [0.15, 0.2) is 6.20 Å². The number of rotatable bonds is 3. The molecule has 4 nitrogen and oxygen atoms in total. The average molecular weight is 236 g/mol. The number of piperidine rings is 1. The number of aromatic nitrogens is 2. The fourth-order valence-electron chi connectivity index (χ4n) is 2.42. The zero-order chi connectivity index (χ0) is 12.4. The van der Waals surface area contributed by atoms with E-state index < -0.39 is 0 Å². The lowest BCUT2D eigenvalue weighted by Gasteiger charge is -2.30. The topological polar surface area (TPSA) is 33.1 Å². The largest absolute Gasteiger partial charge is 0.379 e. The molecular weight excluding hydrogens is 212 g/mol. The number of likely N-dealkylation sites (tertiary alicyclic amines) is 1. The quantitative estimate of drug-likeness (QED) is 0.872. The number of aryl methyl sites for hydroxylation is 1. The van der Waals surface area contributed by atoms with Gasteiger partial charge in [-0.2, -0.15) is 5.10 Å². The van der Waals surface area contributed by atoms with E-state index in [1.807, 2.05) is 11.7 Å². The second-order valence-electron chi connectivity index (χ2n) is 5.48. The smallest absolute Gasteiger partial charge is 0.0881 e. The number of nitrogens with one attached hydrogen (secondary N) is 1. The summed E-state index contributed by atoms with van der Waals surface area (Å²) in [5.74, 6) is 0.477. The molecule has 1 aliphatic heterocycles. The highest BCUT2D eigenvalue weighted by Gasteiger charge is 2.19. The normalized spacial score (nSPS) is 18.9. The van der Waals surface area contributed by atoms with Gasteiger partial charge in [-0.3, -0.25) is 4.68 Å². The SMILES string of the molecule is CC(C)c1nn(C)cc1NC1CCN(C)CC1. The molecule has 0 aromatic carbocycles. The molecule has 1 N–H and O–H groups in total. The molecule has 1 aliphatic rings. The summed E-state index contributed by atoms with van der Waals surface area (Å²) in [6.07, 6.45) is 4.56. The van der Waals surface area contributed by atoms with Gasteiger partial charge in [-0.15, -0.1) is 0 Å². The van der Waals surface area contributed by atoms with Crippen molar-refractivity contribution in [3.8, 4) is 0 Å². The molecule has 0 bridgehead atoms. The maximum absolute atomic E-state index is 4.53. The first kappa shape index (κ1) is 12.4. The van der Waals surface area contributed by atoms with E-state index >= 15 is 0 Å². The van der Waals surface area contributed by atoms with Gasteiger partial charge in [-0.05, 0) is 38.9 Å². The second-order valence-corrected chi connectivity index (χ2v) is 5.48. The van der Waals surface area contributed by atoms with Crippen LogP contribution in [0.3, 0.4) is 0 Å². The van der Waals surface area contributed by atoms with Crippen LogP contribution < -0.4 is 5.32 Å². The van der Waals surface area contributed by atoms with Crippen molar-refractivity contribution in [3.63, 3.8) is 0 Å². The molecule has 96 valence electrons. The van der Waals surface area contributed by atoms with Crippen molar-refractivity contribution in [1.82, 2.24) is 14.7 Å². The molecule has 0 spiro atoms. The van der Waals surface area contributed by atoms with Gasteiger partial charge in [0.15, 0.2) is 0 Å². The molecule has 2 heterocycles. The summed E-state index contributed by atoms with van der Waals surface area (Å²) in [6.45, 7) is 6.77. The first-order valence-electron chi connectivity index (χ1n) is 6.55. The van der Waals surface area contributed by atoms with Crippen molar-refractivity contribution >= 4 is 5.69 Å². The molecular formula is C13H24N4. The summed E-state index contributed by atoms with van der Waals surface area (Å²) in [4.78, 5) is 2.39. The van der Waals surface area contributed by atoms with Crippen molar-refractivity contribution < 1.29 is 0 Å². The fraction of sp³-hybridized carbons (Fsp3) is 0.769. The van der Waals surface area contributed by atoms with E-state index in [9.17, 15) is 0 Å². The fourth-order valence-corrected chi connectivity index (χ4v) is 2.42. The van der Waals surface area contributed by atoms with Crippen molar-refractivity contribution in [2.24, 2.45) is 7.05 Å². The van der Waals surface area contributed by atoms with Gasteiger partial charge in [0.1, 0.15) is 0 Å². The molecule has 17 heavy (non-hydrogen) atoms. The number of hydrogen-bond donors (Lipinski definition) is 1. The van der Waals surface area contributed by atoms with Crippen LogP contribution in [0, 0.1) is 0 Å². The van der Waals surface area contributed by atoms with E-state index in [-0.39, 0.29) is 0 Å². The predicted octanol–water partition coefficient (Wildman–Crippen LogP) is 2.05. The number of nitrogens with zero attached hydrogens (tertiary/aromatic N) is 3. The Morgan fingerprint density at radius 2 is 1.94 bits per heavy atom. The number of anilines is 1. The van der Waals surface area contributed by atoms with Crippen molar-refractivity contribution in [1.29, 1.82) is 0 Å². The van der Waals surface area contributed by atoms with Gasteiger partial charge in [-0.25, -0.2) is 0 Å². The lowest BCUT2D eigenvalue weighted by molar-refractivity contribution is 0.264. The maximum atomic E-state index is 4.53. The van der Waals surface area contributed by atoms with E-state index in [0.29, 0.717) is 12.0 Å². The lowest BCUT2D eigenvalue weighted by Crippen LogP contribution is -2.36. The molecule has 0 unspecified atom stereocenters. The summed E-state index contributed by atoms with van der Waals surface area (Å²) in [7, 11) is 4.19. The average Bonchev–Trinajstić information content (AvgIpc) is 2.63. The van der Waals surface area contributed by atoms with Crippen LogP contribution >= 0.6 is 0 Å². The van der Waals surface area contributed by atoms with Crippen LogP contribution in [0.1, 0.15) is 38.3 Å². The van der Waals surface area contributed by atoms with E-state index in [1.165, 1.54) is 37.3 Å². The first-order valence-corrected chi connectivity index (χ1v) is 6.55. The summed E-state index contributed by atoms with van der Waals surface area (Å²) in [5, 5.41) is 8.20. The Morgan fingerprint density at radius 3 is 2.53 bits per heavy atom. The molecule has 0 atom stereocenters. The third kappa shape index (κ3) is 3.00. The van der Waals surface area contributed by atoms with Crippen LogP contribution in [0.4, 0.5) is 5.69 Å². The maximum Gasteiger partial charge on any atom is 0.0881 e. The number of hydrogen-bond acceptors (Lipinski definition) is 3. The molecule has 4 heteroatoms. The van der Waals surface area contributed by atoms with Gasteiger partial charge >= 0.3 is 0 Å². The zero-order valence-electron chi connectivity index (χ0n) is 11.4. The Morgan fingerprint density at radius 1 is 1.29 bits per heavy atom. The van der Waals surface area contributed by atoms with Crippen molar-refractivity contribution in [2.45, 2.75) is 38.6 Å². The lowest BCUT2D eigenvalue weighted by atomic mass is 10.0. The molecule has 0 radical (unpaired) electrons. The Kier molecular flexibility index (Phi) is 3.72. The highest BCUT2D eigenvalue weighted by molar-refractivity contribution is 5.48. The van der Waals surface area contributed by atoms with Crippen LogP contribution in [-0.2, 0) is 7.05 Å². The summed E-state index contributed by atoms with van der Waals surface area (Å²) < 4.78 is 1.91. The highest BCUT2D eigenvalue weighted by atomic mass is 15.3. The molecule has 1 aromatic heterocycles. The second kappa shape index (κ2) is 5.08. The van der Waals surface area contributed by atoms with Gasteiger partial charge in [0.2, 0.25) is 0 Å². The molecule has 1 fully saturated rings. The Hall–Kier alpha value is -1.03. The minimum Gasteiger partial charge on any atom is -0.379 e. The van der Waals surface area contributed by atoms with E-state index in [0.717, 1.165) is 0 Å². The van der Waals surface area contributed by atoms with Crippen LogP contribution in [-0.4, -0.2) is 40.9 Å². The third-order valence-electron chi connectivity index (χ3n) is 3.48. The zero-order valence-corrected chi connectivity index (χ0v) is 11.4. The van der Waals surface area contributed by atoms with Gasteiger partial charge in [0, 0.05) is 19.3 Å². The molecule has 0 amide bonds. The Balaban J connectivity index is 2.03. The van der Waals surface area contributed by atoms with Crippen LogP contribution in [0.5, 0.6) is 0 Å². The van der Waals surface area contributed by atoms with E-state index in [4.69, 9.17) is 0 Å². The van der Waals surface area contributed by atoms with Crippen molar-refractivity contribution in [3.05, 3.63) is 11.9 Å².